The summed E-state index contributed by atoms with van der Waals surface area (Å²) in [6.45, 7) is 0. The van der Waals surface area contributed by atoms with E-state index in [4.69, 9.17) is 5.11 Å². The molecule has 0 spiro atoms. The Kier molecular flexibility index (Phi) is 3.11. The van der Waals surface area contributed by atoms with Gasteiger partial charge in [0.1, 0.15) is 5.82 Å². The van der Waals surface area contributed by atoms with E-state index in [1.807, 2.05) is 0 Å². The Hall–Kier alpha value is -2.41. The van der Waals surface area contributed by atoms with Crippen molar-refractivity contribution in [3.63, 3.8) is 0 Å². The van der Waals surface area contributed by atoms with E-state index >= 15 is 0 Å². The Bertz CT molecular complexity index is 800. The highest BCUT2D eigenvalue weighted by Gasteiger charge is 2.07. The summed E-state index contributed by atoms with van der Waals surface area (Å²) in [6.07, 6.45) is 3.47. The van der Waals surface area contributed by atoms with Crippen LogP contribution in [0.1, 0.15) is 10.4 Å². The number of rotatable bonds is 3. The number of nitrogens with one attached hydrogen (secondary N) is 1. The van der Waals surface area contributed by atoms with Crippen molar-refractivity contribution in [3.05, 3.63) is 52.8 Å². The van der Waals surface area contributed by atoms with Gasteiger partial charge in [0.25, 0.3) is 0 Å². The monoisotopic (exact) mass is 332 g/mol. The van der Waals surface area contributed by atoms with E-state index in [-0.39, 0.29) is 5.56 Å². The van der Waals surface area contributed by atoms with Crippen molar-refractivity contribution in [2.75, 3.05) is 5.32 Å². The highest BCUT2D eigenvalue weighted by molar-refractivity contribution is 9.10. The van der Waals surface area contributed by atoms with Crippen LogP contribution in [0.15, 0.2) is 47.2 Å². The predicted molar refractivity (Wildman–Crippen MR) is 77.4 cm³/mol. The number of nitrogens with zero attached hydrogens (tertiary/aromatic N) is 3. The summed E-state index contributed by atoms with van der Waals surface area (Å²) >= 11 is 3.34. The molecule has 0 saturated carbocycles. The number of aromatic carboxylic acids is 1. The average Bonchev–Trinajstić information content (AvgIpc) is 2.88. The van der Waals surface area contributed by atoms with Crippen LogP contribution in [0.2, 0.25) is 0 Å². The van der Waals surface area contributed by atoms with Crippen LogP contribution >= 0.6 is 15.9 Å². The first-order chi connectivity index (χ1) is 9.63. The molecule has 6 nitrogen and oxygen atoms in total. The molecule has 2 heterocycles. The van der Waals surface area contributed by atoms with Gasteiger partial charge in [-0.3, -0.25) is 0 Å². The van der Waals surface area contributed by atoms with Crippen LogP contribution in [-0.4, -0.2) is 25.7 Å². The standard InChI is InChI=1S/C13H9BrN4O2/c14-9-7-8(13(19)20)1-2-10(9)16-11-4-6-18-12(17-11)3-5-15-18/h1-7H,(H,16,17)(H,19,20). The molecular formula is C13H9BrN4O2. The second-order valence-corrected chi connectivity index (χ2v) is 4.93. The highest BCUT2D eigenvalue weighted by atomic mass is 79.9. The quantitative estimate of drug-likeness (QED) is 0.770. The lowest BCUT2D eigenvalue weighted by Gasteiger charge is -2.08. The molecule has 3 aromatic rings. The fraction of sp³-hybridized carbons (Fsp3) is 0. The van der Waals surface area contributed by atoms with E-state index in [0.29, 0.717) is 10.3 Å². The molecule has 0 bridgehead atoms. The van der Waals surface area contributed by atoms with E-state index in [9.17, 15) is 4.79 Å². The van der Waals surface area contributed by atoms with Crippen LogP contribution in [0.4, 0.5) is 11.5 Å². The summed E-state index contributed by atoms with van der Waals surface area (Å²) in [5.74, 6) is -0.308. The lowest BCUT2D eigenvalue weighted by atomic mass is 10.2. The summed E-state index contributed by atoms with van der Waals surface area (Å²) in [7, 11) is 0. The molecule has 7 heteroatoms. The number of benzene rings is 1. The largest absolute Gasteiger partial charge is 0.478 e. The van der Waals surface area contributed by atoms with Crippen LogP contribution in [0.3, 0.4) is 0 Å². The molecule has 0 atom stereocenters. The van der Waals surface area contributed by atoms with Gasteiger partial charge in [-0.1, -0.05) is 0 Å². The zero-order valence-electron chi connectivity index (χ0n) is 10.1. The number of carboxylic acids is 1. The predicted octanol–water partition coefficient (Wildman–Crippen LogP) is 2.93. The molecule has 0 aliphatic heterocycles. The van der Waals surface area contributed by atoms with Gasteiger partial charge in [-0.25, -0.2) is 14.3 Å². The van der Waals surface area contributed by atoms with Gasteiger partial charge in [-0.2, -0.15) is 5.10 Å². The van der Waals surface area contributed by atoms with Crippen molar-refractivity contribution in [3.8, 4) is 0 Å². The first-order valence-corrected chi connectivity index (χ1v) is 6.53. The van der Waals surface area contributed by atoms with Crippen LogP contribution in [0.5, 0.6) is 0 Å². The average molecular weight is 333 g/mol. The fourth-order valence-electron chi connectivity index (χ4n) is 1.77. The van der Waals surface area contributed by atoms with Gasteiger partial charge in [0.05, 0.1) is 17.4 Å². The van der Waals surface area contributed by atoms with Crippen LogP contribution < -0.4 is 5.32 Å². The van der Waals surface area contributed by atoms with E-state index in [2.05, 4.69) is 31.3 Å². The van der Waals surface area contributed by atoms with Crippen molar-refractivity contribution in [2.45, 2.75) is 0 Å². The normalized spacial score (nSPS) is 10.7. The Balaban J connectivity index is 1.92. The molecule has 0 radical (unpaired) electrons. The summed E-state index contributed by atoms with van der Waals surface area (Å²) in [6, 6.07) is 8.36. The van der Waals surface area contributed by atoms with Crippen molar-refractivity contribution >= 4 is 39.1 Å². The molecule has 1 aromatic carbocycles. The summed E-state index contributed by atoms with van der Waals surface area (Å²) in [5, 5.41) is 16.1. The molecule has 2 aromatic heterocycles. The third kappa shape index (κ3) is 2.35. The van der Waals surface area contributed by atoms with E-state index in [1.54, 1.807) is 41.2 Å². The maximum Gasteiger partial charge on any atom is 0.335 e. The Morgan fingerprint density at radius 3 is 2.90 bits per heavy atom. The molecule has 0 unspecified atom stereocenters. The lowest BCUT2D eigenvalue weighted by molar-refractivity contribution is 0.0697. The molecule has 0 aliphatic rings. The zero-order chi connectivity index (χ0) is 14.1. The molecule has 0 amide bonds. The number of aromatic nitrogens is 3. The Morgan fingerprint density at radius 2 is 2.15 bits per heavy atom. The molecule has 100 valence electrons. The number of carbonyl (C=O) groups is 1. The van der Waals surface area contributed by atoms with Gasteiger partial charge in [-0.15, -0.1) is 0 Å². The molecule has 0 aliphatic carbocycles. The highest BCUT2D eigenvalue weighted by Crippen LogP contribution is 2.26. The number of fused-ring (bicyclic) bond motifs is 1. The van der Waals surface area contributed by atoms with E-state index < -0.39 is 5.97 Å². The third-order valence-corrected chi connectivity index (χ3v) is 3.39. The van der Waals surface area contributed by atoms with E-state index in [0.717, 1.165) is 11.3 Å². The smallest absolute Gasteiger partial charge is 0.335 e. The maximum atomic E-state index is 10.9. The minimum Gasteiger partial charge on any atom is -0.478 e. The SMILES string of the molecule is O=C(O)c1ccc(Nc2ccn3nccc3n2)c(Br)c1. The minimum atomic E-state index is -0.962. The molecule has 3 rings (SSSR count). The first kappa shape index (κ1) is 12.6. The lowest BCUT2D eigenvalue weighted by Crippen LogP contribution is -2.00. The zero-order valence-corrected chi connectivity index (χ0v) is 11.7. The molecule has 0 fully saturated rings. The summed E-state index contributed by atoms with van der Waals surface area (Å²) < 4.78 is 2.32. The third-order valence-electron chi connectivity index (χ3n) is 2.74. The topological polar surface area (TPSA) is 79.5 Å². The molecular weight excluding hydrogens is 324 g/mol. The van der Waals surface area contributed by atoms with Crippen LogP contribution in [-0.2, 0) is 0 Å². The van der Waals surface area contributed by atoms with Gasteiger partial charge in [0.2, 0.25) is 0 Å². The number of carboxylic acid groups (broad SMARTS) is 1. The first-order valence-electron chi connectivity index (χ1n) is 5.74. The second-order valence-electron chi connectivity index (χ2n) is 4.07. The molecule has 0 saturated heterocycles. The van der Waals surface area contributed by atoms with Crippen molar-refractivity contribution < 1.29 is 9.90 Å². The Morgan fingerprint density at radius 1 is 1.30 bits per heavy atom. The number of hydrogen-bond donors (Lipinski definition) is 2. The number of hydrogen-bond acceptors (Lipinski definition) is 4. The van der Waals surface area contributed by atoms with Gasteiger partial charge in [0.15, 0.2) is 5.65 Å². The van der Waals surface area contributed by atoms with Crippen molar-refractivity contribution in [2.24, 2.45) is 0 Å². The molecule has 20 heavy (non-hydrogen) atoms. The summed E-state index contributed by atoms with van der Waals surface area (Å²) in [4.78, 5) is 15.3. The summed E-state index contributed by atoms with van der Waals surface area (Å²) in [5.41, 5.74) is 1.70. The van der Waals surface area contributed by atoms with Gasteiger partial charge in [0, 0.05) is 16.7 Å². The minimum absolute atomic E-state index is 0.224. The van der Waals surface area contributed by atoms with Crippen molar-refractivity contribution in [1.29, 1.82) is 0 Å². The molecule has 2 N–H and O–H groups in total. The second kappa shape index (κ2) is 4.93. The Labute approximate surface area is 122 Å². The van der Waals surface area contributed by atoms with Crippen LogP contribution in [0.25, 0.3) is 5.65 Å². The van der Waals surface area contributed by atoms with Gasteiger partial charge in [-0.05, 0) is 40.2 Å². The number of anilines is 2. The van der Waals surface area contributed by atoms with Crippen molar-refractivity contribution in [1.82, 2.24) is 14.6 Å². The van der Waals surface area contributed by atoms with E-state index in [1.165, 1.54) is 6.07 Å². The fourth-order valence-corrected chi connectivity index (χ4v) is 2.25. The van der Waals surface area contributed by atoms with Gasteiger partial charge < -0.3 is 10.4 Å². The maximum absolute atomic E-state index is 10.9. The van der Waals surface area contributed by atoms with Crippen LogP contribution in [0, 0.1) is 0 Å². The van der Waals surface area contributed by atoms with Gasteiger partial charge >= 0.3 is 5.97 Å². The number of halogens is 1.